The van der Waals surface area contributed by atoms with Crippen molar-refractivity contribution in [3.8, 4) is 0 Å². The fourth-order valence-electron chi connectivity index (χ4n) is 2.85. The summed E-state index contributed by atoms with van der Waals surface area (Å²) in [6.45, 7) is 5.57. The highest BCUT2D eigenvalue weighted by Crippen LogP contribution is 2.25. The van der Waals surface area contributed by atoms with E-state index in [0.29, 0.717) is 5.69 Å². The van der Waals surface area contributed by atoms with Crippen molar-refractivity contribution in [3.05, 3.63) is 53.1 Å². The minimum absolute atomic E-state index is 0.274. The second kappa shape index (κ2) is 8.14. The Morgan fingerprint density at radius 1 is 1.12 bits per heavy atom. The van der Waals surface area contributed by atoms with Crippen LogP contribution in [0.1, 0.15) is 16.7 Å². The third kappa shape index (κ3) is 5.02. The van der Waals surface area contributed by atoms with Crippen LogP contribution in [0.25, 0.3) is 0 Å². The maximum atomic E-state index is 12.6. The Balaban J connectivity index is 2.28. The smallest absolute Gasteiger partial charge is 0.245 e. The van der Waals surface area contributed by atoms with Gasteiger partial charge in [-0.1, -0.05) is 23.8 Å². The molecule has 1 amide bonds. The van der Waals surface area contributed by atoms with E-state index in [1.165, 1.54) is 11.8 Å². The van der Waals surface area contributed by atoms with Gasteiger partial charge in [0.15, 0.2) is 0 Å². The second-order valence-corrected chi connectivity index (χ2v) is 9.08. The summed E-state index contributed by atoms with van der Waals surface area (Å²) in [4.78, 5) is 13.5. The van der Waals surface area contributed by atoms with Crippen LogP contribution >= 0.6 is 11.8 Å². The average Bonchev–Trinajstić information content (AvgIpc) is 2.55. The first-order chi connectivity index (χ1) is 12.1. The minimum Gasteiger partial charge on any atom is -0.324 e. The van der Waals surface area contributed by atoms with E-state index in [1.807, 2.05) is 45.2 Å². The number of nitrogens with zero attached hydrogens (tertiary/aromatic N) is 1. The summed E-state index contributed by atoms with van der Waals surface area (Å²) in [6, 6.07) is 11.1. The highest BCUT2D eigenvalue weighted by Gasteiger charge is 2.21. The molecule has 0 aromatic heterocycles. The maximum Gasteiger partial charge on any atom is 0.245 e. The van der Waals surface area contributed by atoms with Gasteiger partial charge in [-0.25, -0.2) is 8.42 Å². The topological polar surface area (TPSA) is 66.5 Å². The van der Waals surface area contributed by atoms with Gasteiger partial charge in [-0.05, 0) is 56.4 Å². The van der Waals surface area contributed by atoms with E-state index in [2.05, 4.69) is 5.32 Å². The molecular weight excluding hydrogens is 368 g/mol. The molecule has 26 heavy (non-hydrogen) atoms. The molecule has 0 atom stereocenters. The van der Waals surface area contributed by atoms with Gasteiger partial charge >= 0.3 is 0 Å². The van der Waals surface area contributed by atoms with E-state index in [9.17, 15) is 13.2 Å². The van der Waals surface area contributed by atoms with Crippen LogP contribution in [0.4, 0.5) is 11.4 Å². The van der Waals surface area contributed by atoms with Crippen molar-refractivity contribution in [2.75, 3.05) is 28.7 Å². The lowest BCUT2D eigenvalue weighted by Gasteiger charge is -2.23. The average molecular weight is 393 g/mol. The SMILES string of the molecule is CSc1cccc(N(CC(=O)Nc2c(C)cc(C)cc2C)S(C)(=O)=O)c1. The molecule has 0 fully saturated rings. The van der Waals surface area contributed by atoms with E-state index in [4.69, 9.17) is 0 Å². The minimum atomic E-state index is -3.59. The van der Waals surface area contributed by atoms with Gasteiger partial charge in [-0.15, -0.1) is 11.8 Å². The molecule has 2 rings (SSSR count). The van der Waals surface area contributed by atoms with Crippen LogP contribution in [0, 0.1) is 20.8 Å². The van der Waals surface area contributed by atoms with Crippen molar-refractivity contribution < 1.29 is 13.2 Å². The van der Waals surface area contributed by atoms with Gasteiger partial charge in [-0.3, -0.25) is 9.10 Å². The number of rotatable bonds is 6. The second-order valence-electron chi connectivity index (χ2n) is 6.29. The summed E-state index contributed by atoms with van der Waals surface area (Å²) in [7, 11) is -3.59. The summed E-state index contributed by atoms with van der Waals surface area (Å²) in [6.07, 6.45) is 3.02. The summed E-state index contributed by atoms with van der Waals surface area (Å²) < 4.78 is 25.6. The zero-order valence-electron chi connectivity index (χ0n) is 15.7. The van der Waals surface area contributed by atoms with Crippen molar-refractivity contribution in [2.24, 2.45) is 0 Å². The molecule has 0 heterocycles. The molecule has 1 N–H and O–H groups in total. The molecule has 5 nitrogen and oxygen atoms in total. The number of carbonyl (C=O) groups is 1. The Morgan fingerprint density at radius 2 is 1.73 bits per heavy atom. The predicted octanol–water partition coefficient (Wildman–Crippen LogP) is 3.74. The van der Waals surface area contributed by atoms with E-state index in [1.54, 1.807) is 18.2 Å². The molecule has 0 saturated heterocycles. The Bertz CT molecular complexity index is 901. The summed E-state index contributed by atoms with van der Waals surface area (Å²) >= 11 is 1.52. The number of anilines is 2. The maximum absolute atomic E-state index is 12.6. The number of aryl methyl sites for hydroxylation is 3. The van der Waals surface area contributed by atoms with Crippen LogP contribution in [0.2, 0.25) is 0 Å². The number of hydrogen-bond donors (Lipinski definition) is 1. The van der Waals surface area contributed by atoms with Crippen LogP contribution in [-0.4, -0.2) is 33.4 Å². The zero-order valence-corrected chi connectivity index (χ0v) is 17.3. The quantitative estimate of drug-likeness (QED) is 0.761. The lowest BCUT2D eigenvalue weighted by molar-refractivity contribution is -0.114. The molecule has 0 radical (unpaired) electrons. The van der Waals surface area contributed by atoms with Gasteiger partial charge in [0.1, 0.15) is 6.54 Å². The summed E-state index contributed by atoms with van der Waals surface area (Å²) in [5, 5.41) is 2.86. The molecule has 0 unspecified atom stereocenters. The van der Waals surface area contributed by atoms with Gasteiger partial charge in [-0.2, -0.15) is 0 Å². The molecular formula is C19H24N2O3S2. The van der Waals surface area contributed by atoms with Crippen LogP contribution < -0.4 is 9.62 Å². The van der Waals surface area contributed by atoms with Gasteiger partial charge in [0.25, 0.3) is 0 Å². The molecule has 0 aliphatic carbocycles. The van der Waals surface area contributed by atoms with Crippen molar-refractivity contribution in [1.82, 2.24) is 0 Å². The Hall–Kier alpha value is -1.99. The van der Waals surface area contributed by atoms with E-state index >= 15 is 0 Å². The van der Waals surface area contributed by atoms with Crippen molar-refractivity contribution in [2.45, 2.75) is 25.7 Å². The normalized spacial score (nSPS) is 11.3. The number of sulfonamides is 1. The predicted molar refractivity (Wildman–Crippen MR) is 110 cm³/mol. The lowest BCUT2D eigenvalue weighted by atomic mass is 10.1. The third-order valence-electron chi connectivity index (χ3n) is 3.97. The number of hydrogen-bond acceptors (Lipinski definition) is 4. The number of thioether (sulfide) groups is 1. The monoisotopic (exact) mass is 392 g/mol. The molecule has 0 bridgehead atoms. The molecule has 0 aliphatic heterocycles. The van der Waals surface area contributed by atoms with Crippen LogP contribution in [-0.2, 0) is 14.8 Å². The molecule has 2 aromatic rings. The molecule has 0 saturated carbocycles. The zero-order chi connectivity index (χ0) is 19.5. The van der Waals surface area contributed by atoms with Crippen LogP contribution in [0.3, 0.4) is 0 Å². The van der Waals surface area contributed by atoms with Crippen LogP contribution in [0.5, 0.6) is 0 Å². The molecule has 140 valence electrons. The van der Waals surface area contributed by atoms with Gasteiger partial charge in [0.2, 0.25) is 15.9 Å². The Labute approximate surface area is 159 Å². The molecule has 2 aromatic carbocycles. The van der Waals surface area contributed by atoms with Crippen molar-refractivity contribution in [1.29, 1.82) is 0 Å². The highest BCUT2D eigenvalue weighted by molar-refractivity contribution is 7.98. The summed E-state index contributed by atoms with van der Waals surface area (Å²) in [5.74, 6) is -0.375. The molecule has 7 heteroatoms. The number of carbonyl (C=O) groups excluding carboxylic acids is 1. The van der Waals surface area contributed by atoms with Crippen molar-refractivity contribution >= 4 is 39.1 Å². The third-order valence-corrected chi connectivity index (χ3v) is 5.84. The Morgan fingerprint density at radius 3 is 2.27 bits per heavy atom. The summed E-state index contributed by atoms with van der Waals surface area (Å²) in [5.41, 5.74) is 4.22. The first-order valence-corrected chi connectivity index (χ1v) is 11.2. The number of nitrogens with one attached hydrogen (secondary N) is 1. The highest BCUT2D eigenvalue weighted by atomic mass is 32.2. The lowest BCUT2D eigenvalue weighted by Crippen LogP contribution is -2.37. The van der Waals surface area contributed by atoms with Gasteiger partial charge in [0, 0.05) is 10.6 Å². The number of benzene rings is 2. The largest absolute Gasteiger partial charge is 0.324 e. The fraction of sp³-hybridized carbons (Fsp3) is 0.316. The van der Waals surface area contributed by atoms with Gasteiger partial charge < -0.3 is 5.32 Å². The van der Waals surface area contributed by atoms with Gasteiger partial charge in [0.05, 0.1) is 11.9 Å². The first kappa shape index (κ1) is 20.3. The molecule has 0 spiro atoms. The fourth-order valence-corrected chi connectivity index (χ4v) is 4.15. The Kier molecular flexibility index (Phi) is 6.36. The standard InChI is InChI=1S/C19H24N2O3S2/c1-13-9-14(2)19(15(3)10-13)20-18(22)12-21(26(5,23)24)16-7-6-8-17(11-16)25-4/h6-11H,12H2,1-5H3,(H,20,22). The van der Waals surface area contributed by atoms with Crippen LogP contribution in [0.15, 0.2) is 41.3 Å². The first-order valence-electron chi connectivity index (χ1n) is 8.11. The molecule has 0 aliphatic rings. The van der Waals surface area contributed by atoms with E-state index in [-0.39, 0.29) is 12.5 Å². The van der Waals surface area contributed by atoms with Crippen molar-refractivity contribution in [3.63, 3.8) is 0 Å². The van der Waals surface area contributed by atoms with E-state index < -0.39 is 10.0 Å². The number of amides is 1. The van der Waals surface area contributed by atoms with E-state index in [0.717, 1.165) is 37.8 Å².